The maximum absolute atomic E-state index is 9.07. The third-order valence-electron chi connectivity index (χ3n) is 4.74. The summed E-state index contributed by atoms with van der Waals surface area (Å²) in [5.41, 5.74) is 8.78. The summed E-state index contributed by atoms with van der Waals surface area (Å²) in [6, 6.07) is 17.1. The van der Waals surface area contributed by atoms with Crippen molar-refractivity contribution in [3.63, 3.8) is 0 Å². The number of nitrogens with one attached hydrogen (secondary N) is 1. The number of oxazole rings is 1. The van der Waals surface area contributed by atoms with Crippen LogP contribution in [0.15, 0.2) is 70.4 Å². The number of amidine groups is 1. The fraction of sp³-hybridized carbons (Fsp3) is 0.130. The lowest BCUT2D eigenvalue weighted by molar-refractivity contribution is 0.301. The number of nitrogens with zero attached hydrogens (tertiary/aromatic N) is 4. The number of methoxy groups -OCH3 is 1. The number of oxime groups is 1. The van der Waals surface area contributed by atoms with Crippen molar-refractivity contribution in [2.75, 3.05) is 12.4 Å². The monoisotopic (exact) mass is 446 g/mol. The van der Waals surface area contributed by atoms with Crippen LogP contribution < -0.4 is 20.5 Å². The molecule has 0 bridgehead atoms. The molecule has 0 saturated heterocycles. The molecule has 10 heteroatoms. The van der Waals surface area contributed by atoms with E-state index in [1.54, 1.807) is 19.4 Å². The van der Waals surface area contributed by atoms with Gasteiger partial charge in [0.2, 0.25) is 0 Å². The van der Waals surface area contributed by atoms with Crippen LogP contribution in [0, 0.1) is 6.92 Å². The van der Waals surface area contributed by atoms with Gasteiger partial charge in [-0.15, -0.1) is 10.2 Å². The van der Waals surface area contributed by atoms with Gasteiger partial charge in [-0.05, 0) is 24.6 Å². The standard InChI is InChI=1S/C23H22N6O4/c1-14-3-7-16(8-4-14)19-12-25-23(33-19)26-20-11-18(21(28-27-20)22(24)29-30)32-13-15-5-9-17(31-2)10-6-15/h3-12,30H,13H2,1-2H3,(H2,24,29)(H,25,26,27). The van der Waals surface area contributed by atoms with Crippen molar-refractivity contribution in [1.82, 2.24) is 15.2 Å². The zero-order valence-electron chi connectivity index (χ0n) is 18.0. The van der Waals surface area contributed by atoms with E-state index in [0.717, 1.165) is 22.4 Å². The first-order valence-electron chi connectivity index (χ1n) is 9.97. The van der Waals surface area contributed by atoms with Gasteiger partial charge in [-0.2, -0.15) is 0 Å². The van der Waals surface area contributed by atoms with Crippen LogP contribution in [0.1, 0.15) is 16.8 Å². The van der Waals surface area contributed by atoms with Gasteiger partial charge in [0.15, 0.2) is 28.9 Å². The molecular weight excluding hydrogens is 424 g/mol. The van der Waals surface area contributed by atoms with Crippen molar-refractivity contribution < 1.29 is 19.1 Å². The molecule has 0 aliphatic heterocycles. The third-order valence-corrected chi connectivity index (χ3v) is 4.74. The van der Waals surface area contributed by atoms with Crippen LogP contribution in [0.2, 0.25) is 0 Å². The van der Waals surface area contributed by atoms with E-state index in [4.69, 9.17) is 24.8 Å². The number of aryl methyl sites for hydroxylation is 1. The van der Waals surface area contributed by atoms with Gasteiger partial charge >= 0.3 is 6.01 Å². The maximum atomic E-state index is 9.07. The number of hydrogen-bond donors (Lipinski definition) is 3. The number of benzene rings is 2. The van der Waals surface area contributed by atoms with Gasteiger partial charge in [0, 0.05) is 11.6 Å². The Hall–Kier alpha value is -4.60. The van der Waals surface area contributed by atoms with Gasteiger partial charge in [-0.3, -0.25) is 5.32 Å². The summed E-state index contributed by atoms with van der Waals surface area (Å²) in [5, 5.41) is 23.1. The Morgan fingerprint density at radius 2 is 1.88 bits per heavy atom. The lowest BCUT2D eigenvalue weighted by Gasteiger charge is -2.11. The molecule has 0 atom stereocenters. The molecule has 0 aliphatic carbocycles. The highest BCUT2D eigenvalue weighted by Gasteiger charge is 2.15. The van der Waals surface area contributed by atoms with Crippen LogP contribution in [-0.4, -0.2) is 33.3 Å². The Kier molecular flexibility index (Phi) is 6.35. The van der Waals surface area contributed by atoms with Crippen molar-refractivity contribution in [1.29, 1.82) is 0 Å². The van der Waals surface area contributed by atoms with E-state index in [2.05, 4.69) is 25.7 Å². The van der Waals surface area contributed by atoms with Crippen LogP contribution in [0.4, 0.5) is 11.8 Å². The summed E-state index contributed by atoms with van der Waals surface area (Å²) in [7, 11) is 1.60. The lowest BCUT2D eigenvalue weighted by Crippen LogP contribution is -2.18. The summed E-state index contributed by atoms with van der Waals surface area (Å²) < 4.78 is 16.8. The Morgan fingerprint density at radius 3 is 2.58 bits per heavy atom. The zero-order chi connectivity index (χ0) is 23.2. The largest absolute Gasteiger partial charge is 0.497 e. The number of rotatable bonds is 8. The van der Waals surface area contributed by atoms with Crippen molar-refractivity contribution in [3.8, 4) is 22.8 Å². The molecule has 0 amide bonds. The fourth-order valence-corrected chi connectivity index (χ4v) is 2.95. The zero-order valence-corrected chi connectivity index (χ0v) is 18.0. The molecule has 10 nitrogen and oxygen atoms in total. The van der Waals surface area contributed by atoms with Gasteiger partial charge in [0.1, 0.15) is 12.4 Å². The highest BCUT2D eigenvalue weighted by atomic mass is 16.5. The molecule has 2 aromatic heterocycles. The predicted molar refractivity (Wildman–Crippen MR) is 122 cm³/mol. The van der Waals surface area contributed by atoms with Gasteiger partial charge in [-0.25, -0.2) is 4.98 Å². The van der Waals surface area contributed by atoms with Crippen molar-refractivity contribution in [2.45, 2.75) is 13.5 Å². The van der Waals surface area contributed by atoms with Crippen LogP contribution in [0.3, 0.4) is 0 Å². The minimum absolute atomic E-state index is 0.101. The van der Waals surface area contributed by atoms with Crippen LogP contribution in [0.25, 0.3) is 11.3 Å². The van der Waals surface area contributed by atoms with Crippen LogP contribution in [-0.2, 0) is 6.61 Å². The molecule has 33 heavy (non-hydrogen) atoms. The summed E-state index contributed by atoms with van der Waals surface area (Å²) >= 11 is 0. The van der Waals surface area contributed by atoms with Gasteiger partial charge in [0.25, 0.3) is 0 Å². The highest BCUT2D eigenvalue weighted by molar-refractivity contribution is 5.97. The van der Waals surface area contributed by atoms with E-state index >= 15 is 0 Å². The van der Waals surface area contributed by atoms with Crippen molar-refractivity contribution in [3.05, 3.63) is 77.6 Å². The summed E-state index contributed by atoms with van der Waals surface area (Å²) in [6.45, 7) is 2.24. The Morgan fingerprint density at radius 1 is 1.12 bits per heavy atom. The lowest BCUT2D eigenvalue weighted by atomic mass is 10.1. The Labute approximate surface area is 189 Å². The molecule has 0 radical (unpaired) electrons. The average molecular weight is 446 g/mol. The molecule has 0 unspecified atom stereocenters. The van der Waals surface area contributed by atoms with E-state index in [1.165, 1.54) is 0 Å². The normalized spacial score (nSPS) is 11.3. The molecule has 0 spiro atoms. The molecule has 2 aromatic carbocycles. The molecule has 0 fully saturated rings. The third kappa shape index (κ3) is 5.18. The smallest absolute Gasteiger partial charge is 0.300 e. The predicted octanol–water partition coefficient (Wildman–Crippen LogP) is 3.87. The van der Waals surface area contributed by atoms with E-state index in [1.807, 2.05) is 55.5 Å². The van der Waals surface area contributed by atoms with Crippen molar-refractivity contribution in [2.24, 2.45) is 10.9 Å². The SMILES string of the molecule is COc1ccc(COc2cc(Nc3ncc(-c4ccc(C)cc4)o3)nnc2/C(N)=N/O)cc1. The van der Waals surface area contributed by atoms with E-state index in [9.17, 15) is 0 Å². The van der Waals surface area contributed by atoms with E-state index < -0.39 is 0 Å². The topological polar surface area (TPSA) is 141 Å². The van der Waals surface area contributed by atoms with Crippen LogP contribution in [0.5, 0.6) is 11.5 Å². The number of ether oxygens (including phenoxy) is 2. The second-order valence-electron chi connectivity index (χ2n) is 7.09. The van der Waals surface area contributed by atoms with E-state index in [0.29, 0.717) is 11.6 Å². The quantitative estimate of drug-likeness (QED) is 0.159. The van der Waals surface area contributed by atoms with Gasteiger partial charge in [-0.1, -0.05) is 47.1 Å². The minimum Gasteiger partial charge on any atom is -0.497 e. The first-order valence-corrected chi connectivity index (χ1v) is 9.97. The first-order chi connectivity index (χ1) is 16.1. The molecule has 0 aliphatic rings. The maximum Gasteiger partial charge on any atom is 0.300 e. The molecule has 4 rings (SSSR count). The van der Waals surface area contributed by atoms with Crippen LogP contribution >= 0.6 is 0 Å². The van der Waals surface area contributed by atoms with Gasteiger partial charge in [0.05, 0.1) is 13.3 Å². The summed E-state index contributed by atoms with van der Waals surface area (Å²) in [6.07, 6.45) is 1.62. The minimum atomic E-state index is -0.225. The molecule has 2 heterocycles. The molecule has 0 saturated carbocycles. The second kappa shape index (κ2) is 9.69. The number of aromatic nitrogens is 3. The Bertz CT molecular complexity index is 1250. The summed E-state index contributed by atoms with van der Waals surface area (Å²) in [4.78, 5) is 4.24. The highest BCUT2D eigenvalue weighted by Crippen LogP contribution is 2.26. The fourth-order valence-electron chi connectivity index (χ4n) is 2.95. The number of hydrogen-bond acceptors (Lipinski definition) is 9. The first kappa shape index (κ1) is 21.6. The van der Waals surface area contributed by atoms with Gasteiger partial charge < -0.3 is 24.8 Å². The molecule has 4 aromatic rings. The second-order valence-corrected chi connectivity index (χ2v) is 7.09. The summed E-state index contributed by atoms with van der Waals surface area (Å²) in [5.74, 6) is 1.70. The van der Waals surface area contributed by atoms with Crippen molar-refractivity contribution >= 4 is 17.7 Å². The van der Waals surface area contributed by atoms with E-state index in [-0.39, 0.29) is 29.9 Å². The number of anilines is 2. The number of nitrogens with two attached hydrogens (primary N) is 1. The Balaban J connectivity index is 1.53. The average Bonchev–Trinajstić information content (AvgIpc) is 3.31. The molecule has 4 N–H and O–H groups in total. The molecule has 168 valence electrons. The molecular formula is C23H22N6O4.